The third-order valence-electron chi connectivity index (χ3n) is 4.83. The Hall–Kier alpha value is -2.29. The van der Waals surface area contributed by atoms with Crippen LogP contribution in [0.15, 0.2) is 48.5 Å². The summed E-state index contributed by atoms with van der Waals surface area (Å²) in [6.45, 7) is 13.8. The van der Waals surface area contributed by atoms with Gasteiger partial charge in [-0.2, -0.15) is 0 Å². The second-order valence-electron chi connectivity index (χ2n) is 9.26. The van der Waals surface area contributed by atoms with Gasteiger partial charge in [-0.05, 0) is 33.1 Å². The minimum Gasteiger partial charge on any atom is -0.434 e. The summed E-state index contributed by atoms with van der Waals surface area (Å²) in [5, 5.41) is 0. The van der Waals surface area contributed by atoms with E-state index in [0.29, 0.717) is 26.1 Å². The molecule has 0 saturated heterocycles. The van der Waals surface area contributed by atoms with E-state index in [9.17, 15) is 4.79 Å². The zero-order chi connectivity index (χ0) is 20.8. The van der Waals surface area contributed by atoms with Crippen LogP contribution in [0.4, 0.5) is 4.79 Å². The average molecular weight is 383 g/mol. The molecule has 2 rings (SSSR count). The number of rotatable bonds is 6. The predicted molar refractivity (Wildman–Crippen MR) is 115 cm³/mol. The number of carbonyl (C=O) groups excluding carboxylic acids is 1. The first-order valence-electron chi connectivity index (χ1n) is 10.1. The van der Waals surface area contributed by atoms with Crippen LogP contribution in [-0.2, 0) is 33.1 Å². The van der Waals surface area contributed by atoms with Crippen molar-refractivity contribution < 1.29 is 14.3 Å². The van der Waals surface area contributed by atoms with Crippen molar-refractivity contribution >= 4 is 6.16 Å². The van der Waals surface area contributed by atoms with Gasteiger partial charge in [0.1, 0.15) is 0 Å². The molecule has 0 aliphatic heterocycles. The van der Waals surface area contributed by atoms with Gasteiger partial charge in [0.05, 0.1) is 13.2 Å². The van der Waals surface area contributed by atoms with Crippen molar-refractivity contribution in [1.29, 1.82) is 0 Å². The summed E-state index contributed by atoms with van der Waals surface area (Å²) >= 11 is 0. The third-order valence-corrected chi connectivity index (χ3v) is 4.83. The molecule has 0 heterocycles. The lowest BCUT2D eigenvalue weighted by molar-refractivity contribution is 0.0568. The fourth-order valence-electron chi connectivity index (χ4n) is 3.47. The quantitative estimate of drug-likeness (QED) is 0.556. The minimum absolute atomic E-state index is 0.0670. The van der Waals surface area contributed by atoms with Crippen LogP contribution in [0, 0.1) is 0 Å². The summed E-state index contributed by atoms with van der Waals surface area (Å²) in [6.07, 6.45) is 0.784. The van der Waals surface area contributed by atoms with Crippen LogP contribution in [-0.4, -0.2) is 19.4 Å². The molecule has 0 aliphatic carbocycles. The molecule has 2 aromatic carbocycles. The highest BCUT2D eigenvalue weighted by Crippen LogP contribution is 2.27. The summed E-state index contributed by atoms with van der Waals surface area (Å²) in [7, 11) is 0. The molecule has 0 fully saturated rings. The highest BCUT2D eigenvalue weighted by atomic mass is 16.7. The zero-order valence-electron chi connectivity index (χ0n) is 18.2. The molecule has 3 nitrogen and oxygen atoms in total. The molecule has 0 spiro atoms. The lowest BCUT2D eigenvalue weighted by Crippen LogP contribution is -2.17. The number of hydrogen-bond acceptors (Lipinski definition) is 3. The van der Waals surface area contributed by atoms with E-state index < -0.39 is 6.16 Å². The molecule has 0 amide bonds. The maximum atomic E-state index is 11.9. The smallest absolute Gasteiger partial charge is 0.434 e. The normalized spacial score (nSPS) is 11.9. The second-order valence-corrected chi connectivity index (χ2v) is 9.26. The van der Waals surface area contributed by atoms with Crippen molar-refractivity contribution in [2.24, 2.45) is 0 Å². The van der Waals surface area contributed by atoms with Crippen LogP contribution in [0.1, 0.15) is 63.8 Å². The van der Waals surface area contributed by atoms with Crippen molar-refractivity contribution in [3.05, 3.63) is 70.8 Å². The van der Waals surface area contributed by atoms with Crippen molar-refractivity contribution in [3.8, 4) is 0 Å². The first-order valence-corrected chi connectivity index (χ1v) is 10.1. The van der Waals surface area contributed by atoms with Gasteiger partial charge < -0.3 is 9.47 Å². The first-order chi connectivity index (χ1) is 13.1. The molecule has 0 N–H and O–H groups in total. The maximum absolute atomic E-state index is 11.9. The van der Waals surface area contributed by atoms with E-state index in [1.165, 1.54) is 22.3 Å². The van der Waals surface area contributed by atoms with E-state index in [-0.39, 0.29) is 10.8 Å². The molecule has 152 valence electrons. The molecule has 3 heteroatoms. The second kappa shape index (κ2) is 9.27. The minimum atomic E-state index is -0.596. The number of benzene rings is 2. The van der Waals surface area contributed by atoms with Crippen LogP contribution in [0.3, 0.4) is 0 Å². The Balaban J connectivity index is 1.81. The van der Waals surface area contributed by atoms with Gasteiger partial charge in [-0.1, -0.05) is 90.1 Å². The summed E-state index contributed by atoms with van der Waals surface area (Å²) < 4.78 is 10.6. The molecule has 0 saturated carbocycles. The van der Waals surface area contributed by atoms with Gasteiger partial charge in [-0.25, -0.2) is 4.79 Å². The van der Waals surface area contributed by atoms with Crippen molar-refractivity contribution in [2.45, 2.75) is 65.2 Å². The Morgan fingerprint density at radius 3 is 1.39 bits per heavy atom. The van der Waals surface area contributed by atoms with Crippen LogP contribution in [0.25, 0.3) is 0 Å². The Morgan fingerprint density at radius 2 is 1.04 bits per heavy atom. The van der Waals surface area contributed by atoms with Gasteiger partial charge in [-0.3, -0.25) is 0 Å². The third kappa shape index (κ3) is 6.40. The van der Waals surface area contributed by atoms with E-state index >= 15 is 0 Å². The van der Waals surface area contributed by atoms with E-state index in [4.69, 9.17) is 9.47 Å². The highest BCUT2D eigenvalue weighted by Gasteiger charge is 2.18. The van der Waals surface area contributed by atoms with Gasteiger partial charge in [0.2, 0.25) is 0 Å². The summed E-state index contributed by atoms with van der Waals surface area (Å²) in [5.41, 5.74) is 5.12. The molecule has 0 aromatic heterocycles. The summed E-state index contributed by atoms with van der Waals surface area (Å²) in [4.78, 5) is 11.9. The lowest BCUT2D eigenvalue weighted by Gasteiger charge is -2.23. The molecule has 2 aromatic rings. The van der Waals surface area contributed by atoms with Crippen molar-refractivity contribution in [3.63, 3.8) is 0 Å². The Bertz CT molecular complexity index is 713. The molecular formula is C25H34O3. The molecule has 0 radical (unpaired) electrons. The van der Waals surface area contributed by atoms with Gasteiger partial charge in [0.25, 0.3) is 0 Å². The Morgan fingerprint density at radius 1 is 0.679 bits per heavy atom. The summed E-state index contributed by atoms with van der Waals surface area (Å²) in [6, 6.07) is 16.6. The molecular weight excluding hydrogens is 348 g/mol. The number of ether oxygens (including phenoxy) is 2. The highest BCUT2D eigenvalue weighted by molar-refractivity contribution is 5.59. The van der Waals surface area contributed by atoms with E-state index in [1.54, 1.807) is 0 Å². The average Bonchev–Trinajstić information content (AvgIpc) is 2.61. The lowest BCUT2D eigenvalue weighted by atomic mass is 9.83. The Labute approximate surface area is 170 Å². The van der Waals surface area contributed by atoms with Crippen LogP contribution in [0.2, 0.25) is 0 Å². The fraction of sp³-hybridized carbons (Fsp3) is 0.480. The molecule has 0 aliphatic rings. The first kappa shape index (κ1) is 22.0. The standard InChI is InChI=1S/C25H34O3/c1-24(2,3)21-13-9-7-11-19(21)15-17-27-23(26)28-18-16-20-12-8-10-14-22(20)25(4,5)6/h7-14H,15-18H2,1-6H3. The van der Waals surface area contributed by atoms with Gasteiger partial charge >= 0.3 is 6.16 Å². The monoisotopic (exact) mass is 382 g/mol. The van der Waals surface area contributed by atoms with Gasteiger partial charge in [0.15, 0.2) is 0 Å². The van der Waals surface area contributed by atoms with E-state index in [0.717, 1.165) is 0 Å². The van der Waals surface area contributed by atoms with Gasteiger partial charge in [-0.15, -0.1) is 0 Å². The topological polar surface area (TPSA) is 35.5 Å². The van der Waals surface area contributed by atoms with E-state index in [2.05, 4.69) is 77.9 Å². The SMILES string of the molecule is CC(C)(C)c1ccccc1CCOC(=O)OCCc1ccccc1C(C)(C)C. The summed E-state index contributed by atoms with van der Waals surface area (Å²) in [5.74, 6) is 0. The molecule has 28 heavy (non-hydrogen) atoms. The van der Waals surface area contributed by atoms with Crippen molar-refractivity contribution in [2.75, 3.05) is 13.2 Å². The van der Waals surface area contributed by atoms with Crippen LogP contribution < -0.4 is 0 Å². The van der Waals surface area contributed by atoms with E-state index in [1.807, 2.05) is 12.1 Å². The van der Waals surface area contributed by atoms with Gasteiger partial charge in [0, 0.05) is 12.8 Å². The molecule has 0 bridgehead atoms. The fourth-order valence-corrected chi connectivity index (χ4v) is 3.47. The number of hydrogen-bond donors (Lipinski definition) is 0. The van der Waals surface area contributed by atoms with Crippen molar-refractivity contribution in [1.82, 2.24) is 0 Å². The Kier molecular flexibility index (Phi) is 7.29. The van der Waals surface area contributed by atoms with Crippen LogP contribution >= 0.6 is 0 Å². The maximum Gasteiger partial charge on any atom is 0.508 e. The van der Waals surface area contributed by atoms with Crippen LogP contribution in [0.5, 0.6) is 0 Å². The zero-order valence-corrected chi connectivity index (χ0v) is 18.2. The molecule has 0 unspecified atom stereocenters. The largest absolute Gasteiger partial charge is 0.508 e. The number of carbonyl (C=O) groups is 1. The predicted octanol–water partition coefficient (Wildman–Crippen LogP) is 6.22. The molecule has 0 atom stereocenters.